The second kappa shape index (κ2) is 10.7. The topological polar surface area (TPSA) is 86.4 Å². The molecule has 0 bridgehead atoms. The summed E-state index contributed by atoms with van der Waals surface area (Å²) in [4.78, 5) is 17.8. The number of piperazine rings is 1. The van der Waals surface area contributed by atoms with Crippen molar-refractivity contribution in [3.8, 4) is 28.4 Å². The van der Waals surface area contributed by atoms with Crippen LogP contribution in [0.15, 0.2) is 51.9 Å². The van der Waals surface area contributed by atoms with Gasteiger partial charge in [0.2, 0.25) is 5.43 Å². The number of nitrogens with zero attached hydrogens (tertiary/aromatic N) is 2. The van der Waals surface area contributed by atoms with Crippen LogP contribution < -0.4 is 10.2 Å². The standard InChI is InChI=1S/C26H32N2O5/c1-27-11-13-28(14-12-27)10-4-2-3-5-15-32-21-16-23(30)25-24(17-21)33-18-22(26(25)31)19-6-8-20(29)9-7-19/h6-9,16-18,29-30H,2-5,10-15H2,1H3. The number of hydrogen-bond donors (Lipinski definition) is 2. The van der Waals surface area contributed by atoms with Crippen molar-refractivity contribution in [2.45, 2.75) is 25.7 Å². The molecule has 0 unspecified atom stereocenters. The predicted octanol–water partition coefficient (Wildman–Crippen LogP) is 4.06. The zero-order chi connectivity index (χ0) is 23.2. The van der Waals surface area contributed by atoms with E-state index in [1.807, 2.05) is 0 Å². The lowest BCUT2D eigenvalue weighted by Gasteiger charge is -2.32. The van der Waals surface area contributed by atoms with Gasteiger partial charge in [-0.1, -0.05) is 25.0 Å². The number of hydrogen-bond acceptors (Lipinski definition) is 7. The molecule has 1 aliphatic heterocycles. The smallest absolute Gasteiger partial charge is 0.204 e. The van der Waals surface area contributed by atoms with Crippen molar-refractivity contribution >= 4 is 11.0 Å². The molecule has 0 saturated carbocycles. The summed E-state index contributed by atoms with van der Waals surface area (Å²) in [6.07, 6.45) is 5.78. The molecule has 3 aromatic rings. The number of likely N-dealkylation sites (N-methyl/N-ethyl adjacent to an activating group) is 1. The van der Waals surface area contributed by atoms with Crippen LogP contribution in [0.5, 0.6) is 17.2 Å². The van der Waals surface area contributed by atoms with Crippen LogP contribution in [0, 0.1) is 0 Å². The highest BCUT2D eigenvalue weighted by molar-refractivity contribution is 5.88. The summed E-state index contributed by atoms with van der Waals surface area (Å²) in [5.41, 5.74) is 0.884. The molecule has 2 N–H and O–H groups in total. The molecule has 176 valence electrons. The van der Waals surface area contributed by atoms with Crippen molar-refractivity contribution < 1.29 is 19.4 Å². The van der Waals surface area contributed by atoms with Crippen LogP contribution in [0.4, 0.5) is 0 Å². The lowest BCUT2D eigenvalue weighted by Crippen LogP contribution is -2.44. The zero-order valence-corrected chi connectivity index (χ0v) is 19.1. The average Bonchev–Trinajstić information content (AvgIpc) is 2.80. The number of ether oxygens (including phenoxy) is 1. The first-order valence-electron chi connectivity index (χ1n) is 11.6. The van der Waals surface area contributed by atoms with Crippen LogP contribution in [0.25, 0.3) is 22.1 Å². The number of phenols is 2. The monoisotopic (exact) mass is 452 g/mol. The van der Waals surface area contributed by atoms with Crippen molar-refractivity contribution in [1.29, 1.82) is 0 Å². The molecule has 0 amide bonds. The second-order valence-electron chi connectivity index (χ2n) is 8.75. The van der Waals surface area contributed by atoms with E-state index < -0.39 is 0 Å². The Balaban J connectivity index is 1.29. The Kier molecular flexibility index (Phi) is 7.52. The molecule has 33 heavy (non-hydrogen) atoms. The number of phenolic OH excluding ortho intramolecular Hbond substituents is 2. The Bertz CT molecular complexity index is 1120. The summed E-state index contributed by atoms with van der Waals surface area (Å²) in [7, 11) is 2.18. The van der Waals surface area contributed by atoms with Crippen LogP contribution >= 0.6 is 0 Å². The fourth-order valence-electron chi connectivity index (χ4n) is 4.18. The number of rotatable bonds is 9. The van der Waals surface area contributed by atoms with Crippen LogP contribution in [0.3, 0.4) is 0 Å². The van der Waals surface area contributed by atoms with Gasteiger partial charge in [-0.15, -0.1) is 0 Å². The van der Waals surface area contributed by atoms with Gasteiger partial charge >= 0.3 is 0 Å². The summed E-state index contributed by atoms with van der Waals surface area (Å²) in [5, 5.41) is 20.0. The first-order valence-corrected chi connectivity index (χ1v) is 11.6. The van der Waals surface area contributed by atoms with E-state index in [0.717, 1.165) is 39.0 Å². The van der Waals surface area contributed by atoms with Gasteiger partial charge in [-0.2, -0.15) is 0 Å². The highest BCUT2D eigenvalue weighted by Gasteiger charge is 2.15. The van der Waals surface area contributed by atoms with Gasteiger partial charge < -0.3 is 29.2 Å². The third-order valence-electron chi connectivity index (χ3n) is 6.24. The summed E-state index contributed by atoms with van der Waals surface area (Å²) in [6, 6.07) is 9.38. The van der Waals surface area contributed by atoms with E-state index in [-0.39, 0.29) is 27.9 Å². The van der Waals surface area contributed by atoms with E-state index in [2.05, 4.69) is 16.8 Å². The van der Waals surface area contributed by atoms with E-state index in [4.69, 9.17) is 9.15 Å². The average molecular weight is 453 g/mol. The maximum atomic E-state index is 12.9. The quantitative estimate of drug-likeness (QED) is 0.474. The maximum Gasteiger partial charge on any atom is 0.204 e. The van der Waals surface area contributed by atoms with Crippen LogP contribution in [0.2, 0.25) is 0 Å². The molecule has 1 aliphatic rings. The summed E-state index contributed by atoms with van der Waals surface area (Å²) >= 11 is 0. The molecule has 0 atom stereocenters. The van der Waals surface area contributed by atoms with Gasteiger partial charge in [0.15, 0.2) is 0 Å². The SMILES string of the molecule is CN1CCN(CCCCCCOc2cc(O)c3c(=O)c(-c4ccc(O)cc4)coc3c2)CC1. The van der Waals surface area contributed by atoms with E-state index in [0.29, 0.717) is 23.5 Å². The van der Waals surface area contributed by atoms with Gasteiger partial charge in [0.25, 0.3) is 0 Å². The van der Waals surface area contributed by atoms with Gasteiger partial charge in [0.1, 0.15) is 34.5 Å². The van der Waals surface area contributed by atoms with E-state index in [9.17, 15) is 15.0 Å². The summed E-state index contributed by atoms with van der Waals surface area (Å²) in [6.45, 7) is 6.36. The molecule has 2 aromatic carbocycles. The molecule has 2 heterocycles. The van der Waals surface area contributed by atoms with Crippen LogP contribution in [-0.2, 0) is 0 Å². The Hall–Kier alpha value is -3.03. The number of benzene rings is 2. The van der Waals surface area contributed by atoms with Gasteiger partial charge in [0.05, 0.1) is 12.2 Å². The van der Waals surface area contributed by atoms with Crippen molar-refractivity contribution in [1.82, 2.24) is 9.80 Å². The molecule has 4 rings (SSSR count). The minimum atomic E-state index is -0.327. The van der Waals surface area contributed by atoms with Gasteiger partial charge in [-0.3, -0.25) is 4.79 Å². The lowest BCUT2D eigenvalue weighted by atomic mass is 10.0. The second-order valence-corrected chi connectivity index (χ2v) is 8.75. The third-order valence-corrected chi connectivity index (χ3v) is 6.24. The van der Waals surface area contributed by atoms with Gasteiger partial charge in [-0.25, -0.2) is 0 Å². The normalized spacial score (nSPS) is 15.2. The largest absolute Gasteiger partial charge is 0.508 e. The van der Waals surface area contributed by atoms with Crippen molar-refractivity contribution in [2.75, 3.05) is 46.4 Å². The first-order chi connectivity index (χ1) is 16.0. The maximum absolute atomic E-state index is 12.9. The minimum absolute atomic E-state index is 0.114. The zero-order valence-electron chi connectivity index (χ0n) is 19.1. The molecule has 7 nitrogen and oxygen atoms in total. The molecular formula is C26H32N2O5. The Morgan fingerprint density at radius 2 is 1.70 bits per heavy atom. The van der Waals surface area contributed by atoms with Crippen LogP contribution in [0.1, 0.15) is 25.7 Å². The molecular weight excluding hydrogens is 420 g/mol. The van der Waals surface area contributed by atoms with E-state index in [1.54, 1.807) is 18.2 Å². The third kappa shape index (κ3) is 5.86. The van der Waals surface area contributed by atoms with E-state index >= 15 is 0 Å². The first kappa shape index (κ1) is 23.1. The summed E-state index contributed by atoms with van der Waals surface area (Å²) in [5.74, 6) is 0.436. The highest BCUT2D eigenvalue weighted by atomic mass is 16.5. The Morgan fingerprint density at radius 3 is 2.45 bits per heavy atom. The Labute approximate surface area is 193 Å². The molecule has 1 aromatic heterocycles. The molecule has 0 aliphatic carbocycles. The number of fused-ring (bicyclic) bond motifs is 1. The fourth-order valence-corrected chi connectivity index (χ4v) is 4.18. The van der Waals surface area contributed by atoms with Crippen molar-refractivity contribution in [2.24, 2.45) is 0 Å². The fraction of sp³-hybridized carbons (Fsp3) is 0.423. The van der Waals surface area contributed by atoms with Gasteiger partial charge in [-0.05, 0) is 44.1 Å². The van der Waals surface area contributed by atoms with Crippen molar-refractivity contribution in [3.63, 3.8) is 0 Å². The molecule has 1 fully saturated rings. The molecule has 0 radical (unpaired) electrons. The van der Waals surface area contributed by atoms with Gasteiger partial charge in [0, 0.05) is 38.3 Å². The van der Waals surface area contributed by atoms with Crippen molar-refractivity contribution in [3.05, 3.63) is 52.9 Å². The van der Waals surface area contributed by atoms with Crippen LogP contribution in [-0.4, -0.2) is 66.4 Å². The molecule has 1 saturated heterocycles. The van der Waals surface area contributed by atoms with E-state index in [1.165, 1.54) is 43.8 Å². The minimum Gasteiger partial charge on any atom is -0.508 e. The highest BCUT2D eigenvalue weighted by Crippen LogP contribution is 2.30. The summed E-state index contributed by atoms with van der Waals surface area (Å²) < 4.78 is 11.4. The predicted molar refractivity (Wildman–Crippen MR) is 129 cm³/mol. The number of aromatic hydroxyl groups is 2. The number of unbranched alkanes of at least 4 members (excludes halogenated alkanes) is 3. The lowest BCUT2D eigenvalue weighted by molar-refractivity contribution is 0.151. The molecule has 0 spiro atoms. The Morgan fingerprint density at radius 1 is 0.970 bits per heavy atom. The molecule has 7 heteroatoms.